The maximum absolute atomic E-state index is 13.4. The van der Waals surface area contributed by atoms with E-state index in [4.69, 9.17) is 13.8 Å². The number of nitrogens with one attached hydrogen (secondary N) is 1. The number of allylic oxidation sites excluding steroid dienone is 7. The molecule has 0 aliphatic heterocycles. The fraction of sp³-hybridized carbons (Fsp3) is 0.818. The number of carbonyl (C=O) groups excluding carboxylic acids is 2. The Morgan fingerprint density at radius 1 is 0.538 bits per heavy atom. The molecule has 0 radical (unpaired) electrons. The first-order valence-electron chi connectivity index (χ1n) is 27.0. The van der Waals surface area contributed by atoms with E-state index in [1.54, 1.807) is 0 Å². The molecule has 0 aromatic carbocycles. The largest absolute Gasteiger partial charge is 0.472 e. The van der Waals surface area contributed by atoms with Crippen LogP contribution in [0.2, 0.25) is 0 Å². The van der Waals surface area contributed by atoms with Gasteiger partial charge < -0.3 is 19.4 Å². The van der Waals surface area contributed by atoms with E-state index in [0.717, 1.165) is 103 Å². The lowest BCUT2D eigenvalue weighted by molar-refractivity contribution is -0.870. The molecule has 3 unspecified atom stereocenters. The van der Waals surface area contributed by atoms with Gasteiger partial charge in [-0.25, -0.2) is 4.57 Å². The van der Waals surface area contributed by atoms with E-state index < -0.39 is 20.0 Å². The Hall–Kier alpha value is -2.03. The van der Waals surface area contributed by atoms with Gasteiger partial charge in [0.25, 0.3) is 0 Å². The summed E-state index contributed by atoms with van der Waals surface area (Å²) in [5.74, 6) is -0.526. The molecule has 0 aliphatic carbocycles. The summed E-state index contributed by atoms with van der Waals surface area (Å²) in [6.45, 7) is 6.92. The molecule has 1 amide bonds. The first-order valence-corrected chi connectivity index (χ1v) is 28.5. The number of esters is 1. The van der Waals surface area contributed by atoms with Crippen molar-refractivity contribution < 1.29 is 37.3 Å². The van der Waals surface area contributed by atoms with Crippen LogP contribution in [0.4, 0.5) is 0 Å². The smallest absolute Gasteiger partial charge is 0.456 e. The minimum Gasteiger partial charge on any atom is -0.456 e. The highest BCUT2D eigenvalue weighted by Crippen LogP contribution is 2.43. The SMILES string of the molecule is CCCC/C=C\CCCCCCCC(=O)NC(COP(=O)(O)OCC[N+](C)(C)C)C(/C=C\CCCCCCCCCCC)OC(=O)CCCCCCCCC/C=C\C/C=C\CCCCC. The quantitative estimate of drug-likeness (QED) is 0.0205. The minimum absolute atomic E-state index is 0.0369. The summed E-state index contributed by atoms with van der Waals surface area (Å²) in [6.07, 6.45) is 53.9. The first-order chi connectivity index (χ1) is 31.4. The molecule has 2 N–H and O–H groups in total. The van der Waals surface area contributed by atoms with Crippen molar-refractivity contribution in [3.63, 3.8) is 0 Å². The molecular weight excluding hydrogens is 832 g/mol. The minimum atomic E-state index is -4.44. The van der Waals surface area contributed by atoms with Gasteiger partial charge in [0.2, 0.25) is 5.91 Å². The van der Waals surface area contributed by atoms with Crippen molar-refractivity contribution in [2.45, 2.75) is 251 Å². The van der Waals surface area contributed by atoms with Gasteiger partial charge in [-0.1, -0.05) is 192 Å². The van der Waals surface area contributed by atoms with Gasteiger partial charge in [0.05, 0.1) is 33.8 Å². The number of phosphoric ester groups is 1. The Bertz CT molecular complexity index is 1260. The van der Waals surface area contributed by atoms with Gasteiger partial charge in [-0.15, -0.1) is 0 Å². The second kappa shape index (κ2) is 45.7. The molecule has 0 spiro atoms. The molecule has 65 heavy (non-hydrogen) atoms. The van der Waals surface area contributed by atoms with Crippen LogP contribution in [-0.4, -0.2) is 74.3 Å². The van der Waals surface area contributed by atoms with Crippen molar-refractivity contribution in [3.8, 4) is 0 Å². The van der Waals surface area contributed by atoms with E-state index in [9.17, 15) is 19.0 Å². The second-order valence-electron chi connectivity index (χ2n) is 19.4. The summed E-state index contributed by atoms with van der Waals surface area (Å²) in [7, 11) is 1.48. The number of ether oxygens (including phenoxy) is 1. The molecule has 0 heterocycles. The van der Waals surface area contributed by atoms with E-state index >= 15 is 0 Å². The van der Waals surface area contributed by atoms with Crippen LogP contribution in [0.15, 0.2) is 48.6 Å². The van der Waals surface area contributed by atoms with Crippen molar-refractivity contribution in [1.82, 2.24) is 5.32 Å². The summed E-state index contributed by atoms with van der Waals surface area (Å²) in [6, 6.07) is -0.852. The molecule has 0 bridgehead atoms. The number of carbonyl (C=O) groups is 2. The van der Waals surface area contributed by atoms with Crippen molar-refractivity contribution >= 4 is 19.7 Å². The third kappa shape index (κ3) is 46.9. The van der Waals surface area contributed by atoms with Gasteiger partial charge in [-0.3, -0.25) is 18.6 Å². The average molecular weight is 936 g/mol. The first kappa shape index (κ1) is 63.0. The number of hydrogen-bond donors (Lipinski definition) is 2. The van der Waals surface area contributed by atoms with Gasteiger partial charge in [-0.05, 0) is 83.1 Å². The van der Waals surface area contributed by atoms with Gasteiger partial charge in [-0.2, -0.15) is 0 Å². The topological polar surface area (TPSA) is 111 Å². The third-order valence-electron chi connectivity index (χ3n) is 11.7. The van der Waals surface area contributed by atoms with Gasteiger partial charge >= 0.3 is 13.8 Å². The fourth-order valence-electron chi connectivity index (χ4n) is 7.48. The molecule has 380 valence electrons. The van der Waals surface area contributed by atoms with E-state index in [1.165, 1.54) is 103 Å². The van der Waals surface area contributed by atoms with Gasteiger partial charge in [0.1, 0.15) is 19.3 Å². The number of nitrogens with zero attached hydrogens (tertiary/aromatic N) is 1. The predicted molar refractivity (Wildman–Crippen MR) is 277 cm³/mol. The van der Waals surface area contributed by atoms with Crippen molar-refractivity contribution in [2.75, 3.05) is 40.9 Å². The lowest BCUT2D eigenvalue weighted by Gasteiger charge is -2.27. The lowest BCUT2D eigenvalue weighted by atomic mass is 10.1. The molecule has 9 nitrogen and oxygen atoms in total. The molecule has 0 aromatic heterocycles. The number of rotatable bonds is 48. The van der Waals surface area contributed by atoms with Gasteiger partial charge in [0, 0.05) is 12.8 Å². The molecule has 0 rings (SSSR count). The van der Waals surface area contributed by atoms with E-state index in [2.05, 4.69) is 62.5 Å². The normalized spacial score (nSPS) is 14.3. The summed E-state index contributed by atoms with van der Waals surface area (Å²) >= 11 is 0. The molecule has 0 aromatic rings. The maximum atomic E-state index is 13.4. The Morgan fingerprint density at radius 3 is 1.48 bits per heavy atom. The van der Waals surface area contributed by atoms with Crippen molar-refractivity contribution in [1.29, 1.82) is 0 Å². The number of hydrogen-bond acceptors (Lipinski definition) is 6. The summed E-state index contributed by atoms with van der Waals surface area (Å²) in [4.78, 5) is 37.4. The Kier molecular flexibility index (Phi) is 44.3. The standard InChI is InChI=1S/C55H103N2O7P/c1-7-10-13-16-19-22-25-26-27-28-29-30-33-36-39-42-45-48-55(59)64-53(46-43-40-37-34-31-23-20-17-14-11-8-2)52(51-63-65(60,61)62-50-49-57(4,5)6)56-54(58)47-44-41-38-35-32-24-21-18-15-12-9-3/h18-19,21-22,26-27,43,46,52-53H,7-17,20,23-25,28-42,44-45,47-51H2,1-6H3,(H-,56,58,60,61)/p+1/b21-18-,22-19-,27-26-,46-43-. The Morgan fingerprint density at radius 2 is 0.954 bits per heavy atom. The van der Waals surface area contributed by atoms with E-state index in [1.807, 2.05) is 33.3 Å². The zero-order chi connectivity index (χ0) is 48.0. The van der Waals surface area contributed by atoms with Crippen molar-refractivity contribution in [3.05, 3.63) is 48.6 Å². The number of amides is 1. The zero-order valence-corrected chi connectivity index (χ0v) is 44.1. The Labute approximate surface area is 401 Å². The van der Waals surface area contributed by atoms with Gasteiger partial charge in [0.15, 0.2) is 0 Å². The maximum Gasteiger partial charge on any atom is 0.472 e. The summed E-state index contributed by atoms with van der Waals surface area (Å²) in [5.41, 5.74) is 0. The lowest BCUT2D eigenvalue weighted by Crippen LogP contribution is -2.47. The zero-order valence-electron chi connectivity index (χ0n) is 43.2. The molecule has 3 atom stereocenters. The van der Waals surface area contributed by atoms with E-state index in [-0.39, 0.29) is 31.5 Å². The van der Waals surface area contributed by atoms with Crippen molar-refractivity contribution in [2.24, 2.45) is 0 Å². The number of unbranched alkanes of at least 4 members (excludes halogenated alkanes) is 26. The molecule has 0 saturated carbocycles. The summed E-state index contributed by atoms with van der Waals surface area (Å²) in [5, 5.41) is 3.03. The molecule has 0 aliphatic rings. The fourth-order valence-corrected chi connectivity index (χ4v) is 8.21. The number of quaternary nitrogens is 1. The highest BCUT2D eigenvalue weighted by molar-refractivity contribution is 7.47. The molecular formula is C55H104N2O7P+. The average Bonchev–Trinajstić information content (AvgIpc) is 3.26. The predicted octanol–water partition coefficient (Wildman–Crippen LogP) is 15.8. The van der Waals surface area contributed by atoms with Crippen LogP contribution < -0.4 is 5.32 Å². The highest BCUT2D eigenvalue weighted by Gasteiger charge is 2.30. The third-order valence-corrected chi connectivity index (χ3v) is 12.7. The van der Waals surface area contributed by atoms with Crippen LogP contribution in [0.3, 0.4) is 0 Å². The molecule has 0 fully saturated rings. The Balaban J connectivity index is 5.36. The van der Waals surface area contributed by atoms with Crippen LogP contribution in [-0.2, 0) is 27.9 Å². The molecule has 0 saturated heterocycles. The monoisotopic (exact) mass is 936 g/mol. The van der Waals surface area contributed by atoms with E-state index in [0.29, 0.717) is 17.4 Å². The van der Waals surface area contributed by atoms with Crippen LogP contribution in [0, 0.1) is 0 Å². The molecule has 10 heteroatoms. The second-order valence-corrected chi connectivity index (χ2v) is 20.8. The van der Waals surface area contributed by atoms with Crippen LogP contribution in [0.5, 0.6) is 0 Å². The van der Waals surface area contributed by atoms with Crippen LogP contribution in [0.25, 0.3) is 0 Å². The highest BCUT2D eigenvalue weighted by atomic mass is 31.2. The summed E-state index contributed by atoms with van der Waals surface area (Å²) < 4.78 is 30.5. The number of likely N-dealkylation sites (N-methyl/N-ethyl adjacent to an activating group) is 1. The number of phosphoric acid groups is 1. The van der Waals surface area contributed by atoms with Crippen LogP contribution >= 0.6 is 7.82 Å². The van der Waals surface area contributed by atoms with Crippen LogP contribution in [0.1, 0.15) is 239 Å².